The van der Waals surface area contributed by atoms with E-state index in [1.54, 1.807) is 10.9 Å². The largest absolute Gasteiger partial charge is 0.337 e. The molecule has 2 atom stereocenters. The lowest BCUT2D eigenvalue weighted by atomic mass is 10.1. The molecule has 0 bridgehead atoms. The molecule has 0 N–H and O–H groups in total. The summed E-state index contributed by atoms with van der Waals surface area (Å²) in [6.07, 6.45) is 5.45. The molecule has 0 saturated carbocycles. The SMILES string of the molecule is CN(C)[C@@H]1CN(C(=O)Cn2cc3ccccc3n2)C[C@@H]1n1ccnn1. The minimum Gasteiger partial charge on any atom is -0.337 e. The lowest BCUT2D eigenvalue weighted by molar-refractivity contribution is -0.131. The highest BCUT2D eigenvalue weighted by Crippen LogP contribution is 2.24. The van der Waals surface area contributed by atoms with Crippen molar-refractivity contribution >= 4 is 16.8 Å². The Bertz CT molecular complexity index is 837. The van der Waals surface area contributed by atoms with Crippen LogP contribution >= 0.6 is 0 Å². The molecule has 1 aliphatic rings. The lowest BCUT2D eigenvalue weighted by Gasteiger charge is -2.24. The van der Waals surface area contributed by atoms with Crippen LogP contribution in [0.2, 0.25) is 0 Å². The first kappa shape index (κ1) is 15.8. The van der Waals surface area contributed by atoms with Gasteiger partial charge in [0.1, 0.15) is 6.54 Å². The van der Waals surface area contributed by atoms with Crippen LogP contribution in [-0.2, 0) is 11.3 Å². The Morgan fingerprint density at radius 1 is 1.28 bits per heavy atom. The van der Waals surface area contributed by atoms with Crippen LogP contribution in [-0.4, -0.2) is 73.7 Å². The van der Waals surface area contributed by atoms with Crippen molar-refractivity contribution in [1.29, 1.82) is 0 Å². The average Bonchev–Trinajstić information content (AvgIpc) is 3.32. The average molecular weight is 339 g/mol. The van der Waals surface area contributed by atoms with Crippen LogP contribution in [0.5, 0.6) is 0 Å². The van der Waals surface area contributed by atoms with E-state index in [-0.39, 0.29) is 24.5 Å². The molecule has 1 amide bonds. The predicted octanol–water partition coefficient (Wildman–Crippen LogP) is 0.641. The molecule has 1 fully saturated rings. The third-order valence-electron chi connectivity index (χ3n) is 4.81. The van der Waals surface area contributed by atoms with Crippen LogP contribution in [0.25, 0.3) is 10.9 Å². The van der Waals surface area contributed by atoms with Gasteiger partial charge in [-0.1, -0.05) is 23.4 Å². The molecule has 0 aliphatic carbocycles. The number of nitrogens with zero attached hydrogens (tertiary/aromatic N) is 7. The van der Waals surface area contributed by atoms with Gasteiger partial charge in [-0.3, -0.25) is 9.48 Å². The Kier molecular flexibility index (Phi) is 3.96. The van der Waals surface area contributed by atoms with Gasteiger partial charge in [-0.25, -0.2) is 4.68 Å². The van der Waals surface area contributed by atoms with Crippen molar-refractivity contribution < 1.29 is 4.79 Å². The van der Waals surface area contributed by atoms with E-state index in [1.807, 2.05) is 60.3 Å². The van der Waals surface area contributed by atoms with Crippen molar-refractivity contribution in [3.05, 3.63) is 42.9 Å². The number of hydrogen-bond acceptors (Lipinski definition) is 5. The maximum absolute atomic E-state index is 12.8. The van der Waals surface area contributed by atoms with Crippen molar-refractivity contribution in [2.24, 2.45) is 0 Å². The highest BCUT2D eigenvalue weighted by Gasteiger charge is 2.38. The van der Waals surface area contributed by atoms with Crippen molar-refractivity contribution in [3.8, 4) is 0 Å². The first-order valence-electron chi connectivity index (χ1n) is 8.34. The van der Waals surface area contributed by atoms with Gasteiger partial charge in [-0.05, 0) is 20.2 Å². The fourth-order valence-electron chi connectivity index (χ4n) is 3.47. The van der Waals surface area contributed by atoms with E-state index in [1.165, 1.54) is 0 Å². The Labute approximate surface area is 145 Å². The Hall–Kier alpha value is -2.74. The quantitative estimate of drug-likeness (QED) is 0.698. The van der Waals surface area contributed by atoms with Crippen LogP contribution in [0.1, 0.15) is 6.04 Å². The number of hydrogen-bond donors (Lipinski definition) is 0. The van der Waals surface area contributed by atoms with Crippen LogP contribution in [0.4, 0.5) is 0 Å². The van der Waals surface area contributed by atoms with Gasteiger partial charge >= 0.3 is 0 Å². The van der Waals surface area contributed by atoms with Gasteiger partial charge in [0.2, 0.25) is 5.91 Å². The van der Waals surface area contributed by atoms with Gasteiger partial charge in [0.25, 0.3) is 0 Å². The third-order valence-corrected chi connectivity index (χ3v) is 4.81. The van der Waals surface area contributed by atoms with Crippen molar-refractivity contribution in [1.82, 2.24) is 34.6 Å². The molecule has 3 aromatic rings. The second-order valence-corrected chi connectivity index (χ2v) is 6.67. The summed E-state index contributed by atoms with van der Waals surface area (Å²) in [7, 11) is 4.06. The molecule has 0 spiro atoms. The maximum Gasteiger partial charge on any atom is 0.244 e. The summed E-state index contributed by atoms with van der Waals surface area (Å²) in [4.78, 5) is 16.8. The summed E-state index contributed by atoms with van der Waals surface area (Å²) in [6.45, 7) is 1.56. The zero-order valence-corrected chi connectivity index (χ0v) is 14.4. The highest BCUT2D eigenvalue weighted by molar-refractivity contribution is 5.80. The molecule has 25 heavy (non-hydrogen) atoms. The first-order chi connectivity index (χ1) is 12.1. The van der Waals surface area contributed by atoms with E-state index in [4.69, 9.17) is 0 Å². The number of likely N-dealkylation sites (tertiary alicyclic amines) is 1. The summed E-state index contributed by atoms with van der Waals surface area (Å²) < 4.78 is 3.57. The van der Waals surface area contributed by atoms with Gasteiger partial charge in [0, 0.05) is 30.9 Å². The van der Waals surface area contributed by atoms with Crippen molar-refractivity contribution in [3.63, 3.8) is 0 Å². The van der Waals surface area contributed by atoms with Gasteiger partial charge in [-0.2, -0.15) is 5.10 Å². The zero-order chi connectivity index (χ0) is 17.4. The second kappa shape index (κ2) is 6.29. The summed E-state index contributed by atoms with van der Waals surface area (Å²) in [6, 6.07) is 8.20. The second-order valence-electron chi connectivity index (χ2n) is 6.67. The minimum atomic E-state index is 0.0715. The lowest BCUT2D eigenvalue weighted by Crippen LogP contribution is -2.37. The van der Waals surface area contributed by atoms with E-state index in [0.29, 0.717) is 13.1 Å². The summed E-state index contributed by atoms with van der Waals surface area (Å²) >= 11 is 0. The van der Waals surface area contributed by atoms with Crippen molar-refractivity contribution in [2.75, 3.05) is 27.2 Å². The van der Waals surface area contributed by atoms with Gasteiger partial charge in [0.05, 0.1) is 23.8 Å². The highest BCUT2D eigenvalue weighted by atomic mass is 16.2. The summed E-state index contributed by atoms with van der Waals surface area (Å²) in [5.74, 6) is 0.0715. The molecule has 3 heterocycles. The Balaban J connectivity index is 1.50. The molecular formula is C17H21N7O. The molecule has 1 aliphatic heterocycles. The van der Waals surface area contributed by atoms with Crippen LogP contribution in [0, 0.1) is 0 Å². The fourth-order valence-corrected chi connectivity index (χ4v) is 3.47. The normalized spacial score (nSPS) is 20.7. The number of rotatable bonds is 4. The van der Waals surface area contributed by atoms with Crippen LogP contribution < -0.4 is 0 Å². The number of aromatic nitrogens is 5. The number of carbonyl (C=O) groups excluding carboxylic acids is 1. The standard InChI is InChI=1S/C17H21N7O/c1-21(2)15-10-22(11-16(15)24-8-7-18-20-24)17(25)12-23-9-13-5-3-4-6-14(13)19-23/h3-9,15-16H,10-12H2,1-2H3/t15-,16+/m1/s1. The summed E-state index contributed by atoms with van der Waals surface area (Å²) in [5.41, 5.74) is 0.906. The van der Waals surface area contributed by atoms with Crippen LogP contribution in [0.15, 0.2) is 42.9 Å². The van der Waals surface area contributed by atoms with E-state index in [9.17, 15) is 4.79 Å². The molecule has 0 unspecified atom stereocenters. The predicted molar refractivity (Wildman–Crippen MR) is 92.8 cm³/mol. The molecule has 130 valence electrons. The number of amides is 1. The van der Waals surface area contributed by atoms with E-state index in [0.717, 1.165) is 10.9 Å². The van der Waals surface area contributed by atoms with Gasteiger partial charge < -0.3 is 9.80 Å². The van der Waals surface area contributed by atoms with E-state index >= 15 is 0 Å². The van der Waals surface area contributed by atoms with Gasteiger partial charge in [0.15, 0.2) is 0 Å². The Morgan fingerprint density at radius 2 is 2.12 bits per heavy atom. The monoisotopic (exact) mass is 339 g/mol. The van der Waals surface area contributed by atoms with E-state index < -0.39 is 0 Å². The topological polar surface area (TPSA) is 72.1 Å². The first-order valence-corrected chi connectivity index (χ1v) is 8.34. The maximum atomic E-state index is 12.8. The molecule has 1 aromatic carbocycles. The molecule has 4 rings (SSSR count). The molecule has 1 saturated heterocycles. The number of likely N-dealkylation sites (N-methyl/N-ethyl adjacent to an activating group) is 1. The third kappa shape index (κ3) is 3.00. The molecule has 8 nitrogen and oxygen atoms in total. The zero-order valence-electron chi connectivity index (χ0n) is 14.4. The van der Waals surface area contributed by atoms with E-state index in [2.05, 4.69) is 20.3 Å². The molecule has 0 radical (unpaired) electrons. The smallest absolute Gasteiger partial charge is 0.244 e. The molecule has 2 aromatic heterocycles. The minimum absolute atomic E-state index is 0.0715. The summed E-state index contributed by atoms with van der Waals surface area (Å²) in [5, 5.41) is 13.5. The molecular weight excluding hydrogens is 318 g/mol. The Morgan fingerprint density at radius 3 is 2.84 bits per heavy atom. The van der Waals surface area contributed by atoms with Crippen LogP contribution in [0.3, 0.4) is 0 Å². The number of benzene rings is 1. The number of fused-ring (bicyclic) bond motifs is 1. The van der Waals surface area contributed by atoms with Crippen molar-refractivity contribution in [2.45, 2.75) is 18.6 Å². The number of carbonyl (C=O) groups is 1. The van der Waals surface area contributed by atoms with Gasteiger partial charge in [-0.15, -0.1) is 5.10 Å². The fraction of sp³-hybridized carbons (Fsp3) is 0.412. The molecule has 8 heteroatoms.